The van der Waals surface area contributed by atoms with Gasteiger partial charge in [-0.1, -0.05) is 19.1 Å². The lowest BCUT2D eigenvalue weighted by molar-refractivity contribution is 0.107. The fraction of sp³-hybridized carbons (Fsp3) is 0.286. The molecule has 0 fully saturated rings. The maximum absolute atomic E-state index is 9.80. The average molecular weight is 157 g/mol. The van der Waals surface area contributed by atoms with Crippen molar-refractivity contribution in [2.45, 2.75) is 13.3 Å². The highest BCUT2D eigenvalue weighted by Gasteiger charge is 1.86. The number of hydrogen-bond donors (Lipinski definition) is 2. The molecular weight excluding hydrogens is 146 g/mol. The third kappa shape index (κ3) is 8.55. The minimum atomic E-state index is -1.21. The highest BCUT2D eigenvalue weighted by Crippen LogP contribution is 1.81. The molecule has 0 bridgehead atoms. The lowest BCUT2D eigenvalue weighted by Crippen LogP contribution is -2.17. The van der Waals surface area contributed by atoms with Crippen molar-refractivity contribution in [1.29, 1.82) is 0 Å². The van der Waals surface area contributed by atoms with Gasteiger partial charge >= 0.3 is 6.09 Å². The van der Waals surface area contributed by atoms with E-state index in [4.69, 9.17) is 5.11 Å². The first-order valence-electron chi connectivity index (χ1n) is 3.23. The molecule has 0 aliphatic rings. The van der Waals surface area contributed by atoms with E-state index in [1.54, 1.807) is 17.6 Å². The molecule has 4 nitrogen and oxygen atoms in total. The zero-order chi connectivity index (χ0) is 8.53. The van der Waals surface area contributed by atoms with E-state index in [2.05, 4.69) is 4.84 Å². The van der Waals surface area contributed by atoms with Gasteiger partial charge in [-0.15, -0.1) is 0 Å². The molecule has 0 saturated carbocycles. The van der Waals surface area contributed by atoms with Crippen molar-refractivity contribution in [1.82, 2.24) is 5.48 Å². The SMILES string of the molecule is CCC=CC=CONC(=O)O. The fourth-order valence-corrected chi connectivity index (χ4v) is 0.384. The fourth-order valence-electron chi connectivity index (χ4n) is 0.384. The summed E-state index contributed by atoms with van der Waals surface area (Å²) in [5.41, 5.74) is 1.72. The van der Waals surface area contributed by atoms with Crippen LogP contribution < -0.4 is 5.48 Å². The summed E-state index contributed by atoms with van der Waals surface area (Å²) < 4.78 is 0. The monoisotopic (exact) mass is 157 g/mol. The van der Waals surface area contributed by atoms with Gasteiger partial charge in [-0.05, 0) is 12.5 Å². The molecule has 2 N–H and O–H groups in total. The summed E-state index contributed by atoms with van der Waals surface area (Å²) in [6.45, 7) is 2.00. The standard InChI is InChI=1S/C7H11NO3/c1-2-3-4-5-6-11-8-7(9)10/h3-6,8H,2H2,1H3,(H,9,10). The zero-order valence-electron chi connectivity index (χ0n) is 6.28. The maximum Gasteiger partial charge on any atom is 0.438 e. The largest absolute Gasteiger partial charge is 0.463 e. The van der Waals surface area contributed by atoms with E-state index >= 15 is 0 Å². The Morgan fingerprint density at radius 3 is 2.91 bits per heavy atom. The van der Waals surface area contributed by atoms with Crippen molar-refractivity contribution in [3.05, 3.63) is 24.5 Å². The molecule has 0 rings (SSSR count). The van der Waals surface area contributed by atoms with Crippen molar-refractivity contribution >= 4 is 6.09 Å². The summed E-state index contributed by atoms with van der Waals surface area (Å²) in [5.74, 6) is 0. The van der Waals surface area contributed by atoms with E-state index in [-0.39, 0.29) is 0 Å². The molecule has 0 aliphatic carbocycles. The maximum atomic E-state index is 9.80. The van der Waals surface area contributed by atoms with Gasteiger partial charge in [-0.3, -0.25) is 0 Å². The quantitative estimate of drug-likeness (QED) is 0.370. The van der Waals surface area contributed by atoms with Crippen LogP contribution in [0.2, 0.25) is 0 Å². The van der Waals surface area contributed by atoms with Gasteiger partial charge in [0.25, 0.3) is 0 Å². The lowest BCUT2D eigenvalue weighted by atomic mass is 10.4. The van der Waals surface area contributed by atoms with Gasteiger partial charge in [0.2, 0.25) is 0 Å². The van der Waals surface area contributed by atoms with Crippen LogP contribution in [0.3, 0.4) is 0 Å². The Kier molecular flexibility index (Phi) is 5.79. The number of rotatable bonds is 4. The van der Waals surface area contributed by atoms with Crippen LogP contribution in [0, 0.1) is 0 Å². The number of hydroxylamine groups is 1. The molecule has 0 saturated heterocycles. The van der Waals surface area contributed by atoms with Gasteiger partial charge < -0.3 is 9.94 Å². The minimum absolute atomic E-state index is 0.941. The third-order valence-electron chi connectivity index (χ3n) is 0.776. The number of nitrogens with one attached hydrogen (secondary N) is 1. The van der Waals surface area contributed by atoms with Gasteiger partial charge in [0.05, 0.1) is 0 Å². The van der Waals surface area contributed by atoms with E-state index < -0.39 is 6.09 Å². The predicted molar refractivity (Wildman–Crippen MR) is 40.8 cm³/mol. The van der Waals surface area contributed by atoms with Gasteiger partial charge in [0.1, 0.15) is 6.26 Å². The number of carbonyl (C=O) groups is 1. The number of carboxylic acid groups (broad SMARTS) is 1. The van der Waals surface area contributed by atoms with Gasteiger partial charge in [0, 0.05) is 0 Å². The van der Waals surface area contributed by atoms with E-state index in [1.165, 1.54) is 6.26 Å². The molecule has 0 aromatic rings. The van der Waals surface area contributed by atoms with Crippen LogP contribution in [-0.2, 0) is 4.84 Å². The molecule has 0 aromatic heterocycles. The van der Waals surface area contributed by atoms with Crippen molar-refractivity contribution in [3.8, 4) is 0 Å². The summed E-state index contributed by atoms with van der Waals surface area (Å²) in [6, 6.07) is 0. The molecule has 0 aromatic carbocycles. The van der Waals surface area contributed by atoms with Crippen molar-refractivity contribution in [2.75, 3.05) is 0 Å². The van der Waals surface area contributed by atoms with E-state index in [9.17, 15) is 4.79 Å². The molecule has 0 heterocycles. The second kappa shape index (κ2) is 6.67. The summed E-state index contributed by atoms with van der Waals surface area (Å²) in [5, 5.41) is 8.03. The van der Waals surface area contributed by atoms with Crippen LogP contribution in [0.4, 0.5) is 4.79 Å². The Hall–Kier alpha value is -1.45. The van der Waals surface area contributed by atoms with Crippen LogP contribution in [0.5, 0.6) is 0 Å². The number of allylic oxidation sites excluding steroid dienone is 3. The van der Waals surface area contributed by atoms with Crippen LogP contribution in [-0.4, -0.2) is 11.2 Å². The average Bonchev–Trinajstić information content (AvgIpc) is 1.96. The van der Waals surface area contributed by atoms with Crippen LogP contribution in [0.1, 0.15) is 13.3 Å². The smallest absolute Gasteiger partial charge is 0.438 e. The Bertz CT molecular complexity index is 163. The molecule has 0 aliphatic heterocycles. The second-order valence-electron chi connectivity index (χ2n) is 1.69. The molecular formula is C7H11NO3. The highest BCUT2D eigenvalue weighted by molar-refractivity contribution is 5.62. The van der Waals surface area contributed by atoms with Gasteiger partial charge in [0.15, 0.2) is 0 Å². The van der Waals surface area contributed by atoms with Crippen molar-refractivity contribution in [2.24, 2.45) is 0 Å². The van der Waals surface area contributed by atoms with Crippen LogP contribution >= 0.6 is 0 Å². The topological polar surface area (TPSA) is 58.6 Å². The highest BCUT2D eigenvalue weighted by atomic mass is 16.7. The van der Waals surface area contributed by atoms with E-state index in [0.29, 0.717) is 0 Å². The molecule has 11 heavy (non-hydrogen) atoms. The Morgan fingerprint density at radius 2 is 2.36 bits per heavy atom. The number of hydrogen-bond acceptors (Lipinski definition) is 2. The normalized spacial score (nSPS) is 10.6. The van der Waals surface area contributed by atoms with Gasteiger partial charge in [-0.2, -0.15) is 5.48 Å². The first-order valence-corrected chi connectivity index (χ1v) is 3.23. The molecule has 0 atom stereocenters. The van der Waals surface area contributed by atoms with E-state index in [0.717, 1.165) is 6.42 Å². The van der Waals surface area contributed by atoms with Crippen LogP contribution in [0.25, 0.3) is 0 Å². The first-order chi connectivity index (χ1) is 5.27. The summed E-state index contributed by atoms with van der Waals surface area (Å²) in [4.78, 5) is 14.2. The summed E-state index contributed by atoms with van der Waals surface area (Å²) in [7, 11) is 0. The Balaban J connectivity index is 3.30. The molecule has 4 heteroatoms. The van der Waals surface area contributed by atoms with Crippen molar-refractivity contribution < 1.29 is 14.7 Å². The zero-order valence-corrected chi connectivity index (χ0v) is 6.28. The Labute approximate surface area is 65.1 Å². The molecule has 1 amide bonds. The Morgan fingerprint density at radius 1 is 1.64 bits per heavy atom. The number of amides is 1. The lowest BCUT2D eigenvalue weighted by Gasteiger charge is -1.93. The summed E-state index contributed by atoms with van der Waals surface area (Å²) >= 11 is 0. The third-order valence-corrected chi connectivity index (χ3v) is 0.776. The van der Waals surface area contributed by atoms with Crippen molar-refractivity contribution in [3.63, 3.8) is 0 Å². The van der Waals surface area contributed by atoms with E-state index in [1.807, 2.05) is 13.0 Å². The van der Waals surface area contributed by atoms with Gasteiger partial charge in [-0.25, -0.2) is 4.79 Å². The van der Waals surface area contributed by atoms with Crippen LogP contribution in [0.15, 0.2) is 24.5 Å². The minimum Gasteiger partial charge on any atom is -0.463 e. The second-order valence-corrected chi connectivity index (χ2v) is 1.69. The molecule has 62 valence electrons. The molecule has 0 radical (unpaired) electrons. The summed E-state index contributed by atoms with van der Waals surface area (Å²) in [6.07, 6.45) is 6.26. The first kappa shape index (κ1) is 9.55. The molecule has 0 spiro atoms. The molecule has 0 unspecified atom stereocenters. The predicted octanol–water partition coefficient (Wildman–Crippen LogP) is 1.67.